The second-order valence-corrected chi connectivity index (χ2v) is 6.75. The number of likely N-dealkylation sites (tertiary alicyclic amines) is 1. The van der Waals surface area contributed by atoms with Gasteiger partial charge in [-0.05, 0) is 45.2 Å². The molecule has 1 aromatic carbocycles. The van der Waals surface area contributed by atoms with E-state index in [4.69, 9.17) is 4.74 Å². The molecule has 0 bridgehead atoms. The summed E-state index contributed by atoms with van der Waals surface area (Å²) in [5.41, 5.74) is 1.86. The maximum absolute atomic E-state index is 12.1. The number of β-amino-alcohol motifs (C(OH)–C–C–N with tert-alkyl or cyclic N) is 1. The molecule has 1 aromatic rings. The number of nitrogens with zero attached hydrogens (tertiary/aromatic N) is 1. The standard InChI is InChI=1S/C17H25NO3/c1-12-7-5-6-8-13(12)14-9-10-18(11-15(14)19)16(20)21-17(2,3)4/h5-8,14-15,19H,9-11H2,1-4H3. The average Bonchev–Trinajstić information content (AvgIpc) is 2.38. The molecule has 116 valence electrons. The van der Waals surface area contributed by atoms with Crippen LogP contribution in [-0.2, 0) is 4.74 Å². The summed E-state index contributed by atoms with van der Waals surface area (Å²) in [6.45, 7) is 8.55. The van der Waals surface area contributed by atoms with Crippen molar-refractivity contribution in [1.29, 1.82) is 0 Å². The predicted octanol–water partition coefficient (Wildman–Crippen LogP) is 3.08. The van der Waals surface area contributed by atoms with E-state index in [-0.39, 0.29) is 12.0 Å². The third-order valence-electron chi connectivity index (χ3n) is 3.82. The Balaban J connectivity index is 2.03. The molecule has 2 unspecified atom stereocenters. The number of hydrogen-bond acceptors (Lipinski definition) is 3. The van der Waals surface area contributed by atoms with Crippen molar-refractivity contribution >= 4 is 6.09 Å². The molecule has 1 fully saturated rings. The molecule has 1 N–H and O–H groups in total. The van der Waals surface area contributed by atoms with Gasteiger partial charge in [-0.3, -0.25) is 0 Å². The first-order chi connectivity index (χ1) is 9.78. The van der Waals surface area contributed by atoms with Crippen LogP contribution in [-0.4, -0.2) is 40.9 Å². The number of hydrogen-bond donors (Lipinski definition) is 1. The lowest BCUT2D eigenvalue weighted by atomic mass is 9.85. The lowest BCUT2D eigenvalue weighted by Gasteiger charge is -2.37. The van der Waals surface area contributed by atoms with E-state index in [2.05, 4.69) is 19.1 Å². The van der Waals surface area contributed by atoms with Crippen molar-refractivity contribution in [2.45, 2.75) is 51.7 Å². The van der Waals surface area contributed by atoms with Gasteiger partial charge in [-0.1, -0.05) is 24.3 Å². The van der Waals surface area contributed by atoms with E-state index in [1.165, 1.54) is 11.1 Å². The first-order valence-electron chi connectivity index (χ1n) is 7.49. The molecule has 0 saturated carbocycles. The highest BCUT2D eigenvalue weighted by Crippen LogP contribution is 2.31. The summed E-state index contributed by atoms with van der Waals surface area (Å²) in [5, 5.41) is 10.4. The highest BCUT2D eigenvalue weighted by molar-refractivity contribution is 5.68. The molecule has 2 atom stereocenters. The molecule has 1 saturated heterocycles. The lowest BCUT2D eigenvalue weighted by molar-refractivity contribution is -0.00156. The maximum atomic E-state index is 12.1. The Morgan fingerprint density at radius 3 is 2.57 bits per heavy atom. The fraction of sp³-hybridized carbons (Fsp3) is 0.588. The van der Waals surface area contributed by atoms with Crippen LogP contribution in [0.4, 0.5) is 4.79 Å². The van der Waals surface area contributed by atoms with Crippen molar-refractivity contribution in [2.75, 3.05) is 13.1 Å². The molecule has 4 heteroatoms. The van der Waals surface area contributed by atoms with Gasteiger partial charge in [0.15, 0.2) is 0 Å². The van der Waals surface area contributed by atoms with Crippen molar-refractivity contribution in [3.63, 3.8) is 0 Å². The van der Waals surface area contributed by atoms with Crippen LogP contribution in [0, 0.1) is 6.92 Å². The molecular weight excluding hydrogens is 266 g/mol. The number of piperidine rings is 1. The molecule has 2 rings (SSSR count). The molecule has 1 aliphatic heterocycles. The largest absolute Gasteiger partial charge is 0.444 e. The molecule has 1 amide bonds. The van der Waals surface area contributed by atoms with E-state index in [1.807, 2.05) is 32.9 Å². The topological polar surface area (TPSA) is 49.8 Å². The molecule has 0 spiro atoms. The summed E-state index contributed by atoms with van der Waals surface area (Å²) in [4.78, 5) is 13.7. The number of aryl methyl sites for hydroxylation is 1. The summed E-state index contributed by atoms with van der Waals surface area (Å²) < 4.78 is 5.37. The van der Waals surface area contributed by atoms with Crippen LogP contribution < -0.4 is 0 Å². The van der Waals surface area contributed by atoms with Crippen LogP contribution in [0.2, 0.25) is 0 Å². The Morgan fingerprint density at radius 2 is 2.00 bits per heavy atom. The van der Waals surface area contributed by atoms with Gasteiger partial charge in [0.05, 0.1) is 12.6 Å². The third-order valence-corrected chi connectivity index (χ3v) is 3.82. The number of carbonyl (C=O) groups excluding carboxylic acids is 1. The van der Waals surface area contributed by atoms with Gasteiger partial charge in [0, 0.05) is 12.5 Å². The number of benzene rings is 1. The van der Waals surface area contributed by atoms with Gasteiger partial charge in [0.2, 0.25) is 0 Å². The minimum Gasteiger partial charge on any atom is -0.444 e. The van der Waals surface area contributed by atoms with Gasteiger partial charge in [-0.2, -0.15) is 0 Å². The highest BCUT2D eigenvalue weighted by Gasteiger charge is 2.33. The van der Waals surface area contributed by atoms with Crippen LogP contribution in [0.3, 0.4) is 0 Å². The van der Waals surface area contributed by atoms with Crippen LogP contribution in [0.25, 0.3) is 0 Å². The second kappa shape index (κ2) is 6.06. The van der Waals surface area contributed by atoms with Crippen LogP contribution in [0.15, 0.2) is 24.3 Å². The summed E-state index contributed by atoms with van der Waals surface area (Å²) in [6.07, 6.45) is -0.136. The van der Waals surface area contributed by atoms with Crippen molar-refractivity contribution in [3.05, 3.63) is 35.4 Å². The van der Waals surface area contributed by atoms with Gasteiger partial charge < -0.3 is 14.7 Å². The number of ether oxygens (including phenoxy) is 1. The van der Waals surface area contributed by atoms with E-state index in [1.54, 1.807) is 4.90 Å². The molecule has 21 heavy (non-hydrogen) atoms. The van der Waals surface area contributed by atoms with E-state index < -0.39 is 11.7 Å². The predicted molar refractivity (Wildman–Crippen MR) is 82.4 cm³/mol. The highest BCUT2D eigenvalue weighted by atomic mass is 16.6. The third kappa shape index (κ3) is 3.97. The van der Waals surface area contributed by atoms with Crippen molar-refractivity contribution < 1.29 is 14.6 Å². The summed E-state index contributed by atoms with van der Waals surface area (Å²) in [7, 11) is 0. The monoisotopic (exact) mass is 291 g/mol. The number of rotatable bonds is 1. The van der Waals surface area contributed by atoms with E-state index in [9.17, 15) is 9.90 Å². The quantitative estimate of drug-likeness (QED) is 0.865. The van der Waals surface area contributed by atoms with Crippen molar-refractivity contribution in [2.24, 2.45) is 0 Å². The van der Waals surface area contributed by atoms with E-state index in [0.717, 1.165) is 6.42 Å². The zero-order valence-corrected chi connectivity index (χ0v) is 13.3. The smallest absolute Gasteiger partial charge is 0.410 e. The van der Waals surface area contributed by atoms with Gasteiger partial charge in [0.25, 0.3) is 0 Å². The fourth-order valence-corrected chi connectivity index (χ4v) is 2.79. The molecule has 1 heterocycles. The molecular formula is C17H25NO3. The van der Waals surface area contributed by atoms with Crippen LogP contribution >= 0.6 is 0 Å². The van der Waals surface area contributed by atoms with E-state index >= 15 is 0 Å². The first-order valence-corrected chi connectivity index (χ1v) is 7.49. The molecule has 0 radical (unpaired) electrons. The Hall–Kier alpha value is -1.55. The summed E-state index contributed by atoms with van der Waals surface area (Å²) in [6, 6.07) is 8.12. The van der Waals surface area contributed by atoms with Crippen molar-refractivity contribution in [3.8, 4) is 0 Å². The van der Waals surface area contributed by atoms with Crippen molar-refractivity contribution in [1.82, 2.24) is 4.90 Å². The average molecular weight is 291 g/mol. The van der Waals surface area contributed by atoms with Gasteiger partial charge >= 0.3 is 6.09 Å². The molecule has 0 aromatic heterocycles. The lowest BCUT2D eigenvalue weighted by Crippen LogP contribution is -2.47. The van der Waals surface area contributed by atoms with Crippen LogP contribution in [0.5, 0.6) is 0 Å². The number of aliphatic hydroxyl groups is 1. The number of carbonyl (C=O) groups is 1. The maximum Gasteiger partial charge on any atom is 0.410 e. The molecule has 0 aliphatic carbocycles. The van der Waals surface area contributed by atoms with Gasteiger partial charge in [-0.15, -0.1) is 0 Å². The Kier molecular flexibility index (Phi) is 4.57. The number of aliphatic hydroxyl groups excluding tert-OH is 1. The minimum atomic E-state index is -0.549. The molecule has 4 nitrogen and oxygen atoms in total. The molecule has 1 aliphatic rings. The number of amides is 1. The van der Waals surface area contributed by atoms with Gasteiger partial charge in [0.1, 0.15) is 5.60 Å². The van der Waals surface area contributed by atoms with Gasteiger partial charge in [-0.25, -0.2) is 4.79 Å². The summed E-state index contributed by atoms with van der Waals surface area (Å²) >= 11 is 0. The minimum absolute atomic E-state index is 0.0879. The Labute approximate surface area is 126 Å². The summed E-state index contributed by atoms with van der Waals surface area (Å²) in [5.74, 6) is 0.0879. The Bertz CT molecular complexity index is 507. The van der Waals surface area contributed by atoms with Crippen LogP contribution in [0.1, 0.15) is 44.2 Å². The fourth-order valence-electron chi connectivity index (χ4n) is 2.79. The second-order valence-electron chi connectivity index (χ2n) is 6.75. The Morgan fingerprint density at radius 1 is 1.33 bits per heavy atom. The van der Waals surface area contributed by atoms with E-state index in [0.29, 0.717) is 13.1 Å². The SMILES string of the molecule is Cc1ccccc1C1CCN(C(=O)OC(C)(C)C)CC1O. The normalized spacial score (nSPS) is 23.0. The zero-order valence-electron chi connectivity index (χ0n) is 13.3. The zero-order chi connectivity index (χ0) is 15.6. The first kappa shape index (κ1) is 15.8.